The predicted octanol–water partition coefficient (Wildman–Crippen LogP) is 5.03. The van der Waals surface area contributed by atoms with E-state index >= 15 is 0 Å². The molecule has 1 aliphatic heterocycles. The Morgan fingerprint density at radius 2 is 1.97 bits per heavy atom. The zero-order valence-electron chi connectivity index (χ0n) is 17.1. The maximum Gasteiger partial charge on any atom is 0.249 e. The number of hydrogen-bond acceptors (Lipinski definition) is 5. The van der Waals surface area contributed by atoms with E-state index in [1.807, 2.05) is 53.4 Å². The summed E-state index contributed by atoms with van der Waals surface area (Å²) in [7, 11) is 0. The van der Waals surface area contributed by atoms with Crippen molar-refractivity contribution in [3.8, 4) is 17.1 Å². The van der Waals surface area contributed by atoms with Gasteiger partial charge in [0.2, 0.25) is 17.6 Å². The van der Waals surface area contributed by atoms with Crippen molar-refractivity contribution in [1.29, 1.82) is 0 Å². The van der Waals surface area contributed by atoms with Gasteiger partial charge in [-0.3, -0.25) is 4.79 Å². The van der Waals surface area contributed by atoms with E-state index in [1.165, 1.54) is 0 Å². The molecule has 1 amide bonds. The maximum atomic E-state index is 12.5. The summed E-state index contributed by atoms with van der Waals surface area (Å²) in [5.74, 6) is 1.91. The summed E-state index contributed by atoms with van der Waals surface area (Å²) >= 11 is 0. The van der Waals surface area contributed by atoms with Crippen LogP contribution in [0.3, 0.4) is 0 Å². The van der Waals surface area contributed by atoms with Gasteiger partial charge in [-0.1, -0.05) is 49.0 Å². The molecule has 154 valence electrons. The van der Waals surface area contributed by atoms with E-state index in [9.17, 15) is 4.79 Å². The lowest BCUT2D eigenvalue weighted by molar-refractivity contribution is -0.129. The molecule has 0 saturated carbocycles. The number of benzene rings is 2. The number of hydrogen-bond donors (Lipinski definition) is 0. The van der Waals surface area contributed by atoms with Gasteiger partial charge >= 0.3 is 0 Å². The quantitative estimate of drug-likeness (QED) is 0.527. The molecule has 1 aromatic heterocycles. The lowest BCUT2D eigenvalue weighted by Gasteiger charge is -2.22. The molecule has 0 bridgehead atoms. The average Bonchev–Trinajstić information content (AvgIpc) is 3.40. The van der Waals surface area contributed by atoms with Crippen LogP contribution in [-0.2, 0) is 11.3 Å². The Morgan fingerprint density at radius 3 is 2.67 bits per heavy atom. The number of rotatable bonds is 8. The smallest absolute Gasteiger partial charge is 0.249 e. The third-order valence-electron chi connectivity index (χ3n) is 5.21. The molecule has 6 heteroatoms. The molecular weight excluding hydrogens is 378 g/mol. The van der Waals surface area contributed by atoms with E-state index in [4.69, 9.17) is 9.26 Å². The zero-order valence-corrected chi connectivity index (χ0v) is 17.1. The summed E-state index contributed by atoms with van der Waals surface area (Å²) < 4.78 is 11.2. The molecule has 6 nitrogen and oxygen atoms in total. The molecule has 1 atom stereocenters. The second-order valence-corrected chi connectivity index (χ2v) is 7.35. The van der Waals surface area contributed by atoms with E-state index in [0.717, 1.165) is 28.9 Å². The van der Waals surface area contributed by atoms with Gasteiger partial charge in [0.1, 0.15) is 11.8 Å². The van der Waals surface area contributed by atoms with Crippen molar-refractivity contribution in [3.63, 3.8) is 0 Å². The fourth-order valence-corrected chi connectivity index (χ4v) is 3.55. The van der Waals surface area contributed by atoms with Crippen molar-refractivity contribution in [1.82, 2.24) is 15.0 Å². The monoisotopic (exact) mass is 403 g/mol. The van der Waals surface area contributed by atoms with Crippen molar-refractivity contribution < 1.29 is 14.1 Å². The highest BCUT2D eigenvalue weighted by Crippen LogP contribution is 2.34. The van der Waals surface area contributed by atoms with Crippen molar-refractivity contribution in [2.24, 2.45) is 0 Å². The Balaban J connectivity index is 1.49. The first kappa shape index (κ1) is 19.9. The minimum Gasteiger partial charge on any atom is -0.494 e. The third-order valence-corrected chi connectivity index (χ3v) is 5.21. The highest BCUT2D eigenvalue weighted by Gasteiger charge is 2.36. The molecule has 3 aromatic rings. The zero-order chi connectivity index (χ0) is 20.9. The SMILES string of the molecule is C=Cc1ccc(CN2C(=O)CCC2c2nc(-c3ccc(OCCC)cc3)no2)cc1. The number of carbonyl (C=O) groups is 1. The number of ether oxygens (including phenoxy) is 1. The van der Waals surface area contributed by atoms with Gasteiger partial charge in [-0.05, 0) is 48.2 Å². The van der Waals surface area contributed by atoms with Crippen LogP contribution in [0.4, 0.5) is 0 Å². The van der Waals surface area contributed by atoms with Gasteiger partial charge < -0.3 is 14.2 Å². The van der Waals surface area contributed by atoms with Gasteiger partial charge in [-0.15, -0.1) is 0 Å². The summed E-state index contributed by atoms with van der Waals surface area (Å²) in [4.78, 5) is 18.9. The minimum atomic E-state index is -0.204. The second kappa shape index (κ2) is 8.95. The van der Waals surface area contributed by atoms with Crippen LogP contribution < -0.4 is 4.74 Å². The average molecular weight is 403 g/mol. The Bertz CT molecular complexity index is 1010. The van der Waals surface area contributed by atoms with Crippen molar-refractivity contribution >= 4 is 12.0 Å². The van der Waals surface area contributed by atoms with Crippen LogP contribution in [0.25, 0.3) is 17.5 Å². The lowest BCUT2D eigenvalue weighted by Crippen LogP contribution is -2.27. The molecule has 4 rings (SSSR count). The second-order valence-electron chi connectivity index (χ2n) is 7.35. The number of amides is 1. The molecular formula is C24H25N3O3. The highest BCUT2D eigenvalue weighted by atomic mass is 16.5. The Labute approximate surface area is 176 Å². The first-order valence-corrected chi connectivity index (χ1v) is 10.3. The molecule has 2 heterocycles. The molecule has 0 radical (unpaired) electrons. The van der Waals surface area contributed by atoms with Crippen LogP contribution in [0.5, 0.6) is 5.75 Å². The molecule has 30 heavy (non-hydrogen) atoms. The van der Waals surface area contributed by atoms with Crippen LogP contribution in [-0.4, -0.2) is 27.6 Å². The Morgan fingerprint density at radius 1 is 1.20 bits per heavy atom. The summed E-state index contributed by atoms with van der Waals surface area (Å²) in [6.07, 6.45) is 3.92. The molecule has 1 fully saturated rings. The summed E-state index contributed by atoms with van der Waals surface area (Å²) in [6.45, 7) is 7.05. The summed E-state index contributed by atoms with van der Waals surface area (Å²) in [6, 6.07) is 15.5. The molecule has 0 spiro atoms. The van der Waals surface area contributed by atoms with Gasteiger partial charge in [0.15, 0.2) is 0 Å². The van der Waals surface area contributed by atoms with Crippen molar-refractivity contribution in [2.45, 2.75) is 38.8 Å². The Kier molecular flexibility index (Phi) is 5.93. The van der Waals surface area contributed by atoms with Crippen LogP contribution in [0, 0.1) is 0 Å². The first-order chi connectivity index (χ1) is 14.7. The van der Waals surface area contributed by atoms with Crippen LogP contribution in [0.1, 0.15) is 49.2 Å². The number of likely N-dealkylation sites (tertiary alicyclic amines) is 1. The molecule has 2 aromatic carbocycles. The fraction of sp³-hybridized carbons (Fsp3) is 0.292. The van der Waals surface area contributed by atoms with Crippen molar-refractivity contribution in [2.75, 3.05) is 6.61 Å². The number of aromatic nitrogens is 2. The predicted molar refractivity (Wildman–Crippen MR) is 115 cm³/mol. The normalized spacial score (nSPS) is 16.1. The van der Waals surface area contributed by atoms with E-state index in [2.05, 4.69) is 23.6 Å². The highest BCUT2D eigenvalue weighted by molar-refractivity contribution is 5.79. The van der Waals surface area contributed by atoms with Gasteiger partial charge in [-0.2, -0.15) is 4.98 Å². The Hall–Kier alpha value is -3.41. The van der Waals surface area contributed by atoms with E-state index < -0.39 is 0 Å². The number of carbonyl (C=O) groups excluding carboxylic acids is 1. The summed E-state index contributed by atoms with van der Waals surface area (Å²) in [5.41, 5.74) is 2.96. The topological polar surface area (TPSA) is 68.5 Å². The lowest BCUT2D eigenvalue weighted by atomic mass is 10.1. The molecule has 1 saturated heterocycles. The van der Waals surface area contributed by atoms with Crippen molar-refractivity contribution in [3.05, 3.63) is 72.1 Å². The van der Waals surface area contributed by atoms with E-state index in [0.29, 0.717) is 37.7 Å². The molecule has 0 N–H and O–H groups in total. The largest absolute Gasteiger partial charge is 0.494 e. The molecule has 0 aliphatic carbocycles. The molecule has 1 aliphatic rings. The van der Waals surface area contributed by atoms with Gasteiger partial charge in [0.25, 0.3) is 0 Å². The van der Waals surface area contributed by atoms with E-state index in [1.54, 1.807) is 6.08 Å². The molecule has 1 unspecified atom stereocenters. The maximum absolute atomic E-state index is 12.5. The van der Waals surface area contributed by atoms with E-state index in [-0.39, 0.29) is 11.9 Å². The third kappa shape index (κ3) is 4.27. The van der Waals surface area contributed by atoms with Gasteiger partial charge in [-0.25, -0.2) is 0 Å². The first-order valence-electron chi connectivity index (χ1n) is 10.3. The van der Waals surface area contributed by atoms with Crippen LogP contribution in [0.2, 0.25) is 0 Å². The summed E-state index contributed by atoms with van der Waals surface area (Å²) in [5, 5.41) is 4.14. The van der Waals surface area contributed by atoms with Gasteiger partial charge in [0, 0.05) is 18.5 Å². The standard InChI is InChI=1S/C24H25N3O3/c1-3-15-29-20-11-9-19(10-12-20)23-25-24(30-26-23)21-13-14-22(28)27(21)16-18-7-5-17(4-2)6-8-18/h4-12,21H,2-3,13-16H2,1H3. The van der Waals surface area contributed by atoms with Crippen LogP contribution >= 0.6 is 0 Å². The van der Waals surface area contributed by atoms with Crippen LogP contribution in [0.15, 0.2) is 59.6 Å². The fourth-order valence-electron chi connectivity index (χ4n) is 3.55. The van der Waals surface area contributed by atoms with Gasteiger partial charge in [0.05, 0.1) is 6.61 Å². The minimum absolute atomic E-state index is 0.102. The number of nitrogens with zero attached hydrogens (tertiary/aromatic N) is 3.